The zero-order chi connectivity index (χ0) is 28.8. The zero-order valence-corrected chi connectivity index (χ0v) is 23.9. The number of amides is 1. The summed E-state index contributed by atoms with van der Waals surface area (Å²) in [6.45, 7) is 3.13. The fraction of sp³-hybridized carbons (Fsp3) is 0.333. The largest absolute Gasteiger partial charge is 0.369 e. The number of hydrogen-bond acceptors (Lipinski definition) is 8. The van der Waals surface area contributed by atoms with Crippen LogP contribution in [0, 0.1) is 23.0 Å². The molecule has 4 aromatic rings. The highest BCUT2D eigenvalue weighted by Gasteiger charge is 2.29. The number of anilines is 3. The second-order valence-electron chi connectivity index (χ2n) is 10.6. The Morgan fingerprint density at radius 2 is 1.78 bits per heavy atom. The first kappa shape index (κ1) is 27.1. The second kappa shape index (κ2) is 10.7. The van der Waals surface area contributed by atoms with Crippen molar-refractivity contribution in [2.75, 3.05) is 63.7 Å². The Hall–Kier alpha value is -4.14. The fourth-order valence-corrected chi connectivity index (χ4v) is 6.26. The van der Waals surface area contributed by atoms with Gasteiger partial charge >= 0.3 is 0 Å². The quantitative estimate of drug-likeness (QED) is 0.334. The molecule has 2 aromatic carbocycles. The number of aryl methyl sites for hydroxylation is 1. The Bertz CT molecular complexity index is 1690. The lowest BCUT2D eigenvalue weighted by atomic mass is 9.89. The molecule has 8 nitrogen and oxygen atoms in total. The molecule has 3 heterocycles. The van der Waals surface area contributed by atoms with Gasteiger partial charge < -0.3 is 14.7 Å². The predicted molar refractivity (Wildman–Crippen MR) is 157 cm³/mol. The average Bonchev–Trinajstić information content (AvgIpc) is 3.39. The lowest BCUT2D eigenvalue weighted by Gasteiger charge is -2.36. The lowest BCUT2D eigenvalue weighted by Crippen LogP contribution is -2.49. The van der Waals surface area contributed by atoms with Gasteiger partial charge in [0, 0.05) is 69.7 Å². The van der Waals surface area contributed by atoms with Crippen LogP contribution in [-0.4, -0.2) is 79.5 Å². The molecule has 0 unspecified atom stereocenters. The van der Waals surface area contributed by atoms with Crippen LogP contribution in [0.25, 0.3) is 22.2 Å². The van der Waals surface area contributed by atoms with Crippen molar-refractivity contribution in [1.82, 2.24) is 19.8 Å². The molecule has 11 heteroatoms. The van der Waals surface area contributed by atoms with Gasteiger partial charge in [0.25, 0.3) is 0 Å². The number of rotatable bonds is 6. The number of piperazine rings is 1. The summed E-state index contributed by atoms with van der Waals surface area (Å²) in [6.07, 6.45) is 1.60. The van der Waals surface area contributed by atoms with Crippen LogP contribution in [0.3, 0.4) is 0 Å². The number of carbonyl (C=O) groups is 1. The van der Waals surface area contributed by atoms with Crippen LogP contribution in [0.4, 0.5) is 25.3 Å². The number of carbonyl (C=O) groups excluding carboxylic acids is 1. The summed E-state index contributed by atoms with van der Waals surface area (Å²) in [4.78, 5) is 29.8. The van der Waals surface area contributed by atoms with Crippen molar-refractivity contribution < 1.29 is 13.6 Å². The average molecular weight is 574 g/mol. The zero-order valence-electron chi connectivity index (χ0n) is 23.1. The molecule has 0 radical (unpaired) electrons. The highest BCUT2D eigenvalue weighted by molar-refractivity contribution is 7.16. The lowest BCUT2D eigenvalue weighted by molar-refractivity contribution is -0.129. The normalized spacial score (nSPS) is 14.9. The first-order valence-electron chi connectivity index (χ1n) is 13.5. The van der Waals surface area contributed by atoms with Crippen molar-refractivity contribution in [3.63, 3.8) is 0 Å². The number of benzene rings is 2. The van der Waals surface area contributed by atoms with Gasteiger partial charge in [0.1, 0.15) is 28.0 Å². The molecule has 0 spiro atoms. The van der Waals surface area contributed by atoms with Gasteiger partial charge in [0.15, 0.2) is 10.9 Å². The van der Waals surface area contributed by atoms with E-state index >= 15 is 4.39 Å². The van der Waals surface area contributed by atoms with Crippen LogP contribution in [0.5, 0.6) is 0 Å². The van der Waals surface area contributed by atoms with Gasteiger partial charge in [-0.1, -0.05) is 11.3 Å². The maximum atomic E-state index is 15.6. The van der Waals surface area contributed by atoms with E-state index in [0.29, 0.717) is 64.9 Å². The number of pyridine rings is 1. The summed E-state index contributed by atoms with van der Waals surface area (Å²) in [5.74, 6) is -0.671. The van der Waals surface area contributed by atoms with E-state index in [0.717, 1.165) is 35.5 Å². The number of halogens is 2. The van der Waals surface area contributed by atoms with Gasteiger partial charge in [-0.2, -0.15) is 5.26 Å². The minimum Gasteiger partial charge on any atom is -0.369 e. The number of aromatic nitrogens is 2. The van der Waals surface area contributed by atoms with Crippen molar-refractivity contribution in [1.29, 1.82) is 5.26 Å². The highest BCUT2D eigenvalue weighted by Crippen LogP contribution is 2.44. The van der Waals surface area contributed by atoms with Gasteiger partial charge in [0.05, 0.1) is 12.2 Å². The molecule has 1 fully saturated rings. The van der Waals surface area contributed by atoms with E-state index in [-0.39, 0.29) is 17.5 Å². The van der Waals surface area contributed by atoms with E-state index in [1.165, 1.54) is 23.5 Å². The molecule has 1 saturated heterocycles. The molecule has 0 N–H and O–H groups in total. The van der Waals surface area contributed by atoms with Gasteiger partial charge in [-0.15, -0.1) is 0 Å². The summed E-state index contributed by atoms with van der Waals surface area (Å²) in [6, 6.07) is 11.7. The van der Waals surface area contributed by atoms with Crippen LogP contribution in [0.15, 0.2) is 36.4 Å². The molecule has 2 aromatic heterocycles. The maximum Gasteiger partial charge on any atom is 0.236 e. The molecule has 210 valence electrons. The van der Waals surface area contributed by atoms with Crippen LogP contribution in [0.1, 0.15) is 16.1 Å². The topological polar surface area (TPSA) is 79.6 Å². The van der Waals surface area contributed by atoms with E-state index in [4.69, 9.17) is 4.98 Å². The van der Waals surface area contributed by atoms with E-state index in [9.17, 15) is 14.4 Å². The smallest absolute Gasteiger partial charge is 0.236 e. The molecular formula is C30H29F2N7OS. The molecule has 1 aliphatic carbocycles. The molecule has 6 rings (SSSR count). The number of nitrogens with zero attached hydrogens (tertiary/aromatic N) is 7. The third-order valence-corrected chi connectivity index (χ3v) is 8.89. The minimum atomic E-state index is -0.379. The molecule has 0 saturated carbocycles. The van der Waals surface area contributed by atoms with Crippen molar-refractivity contribution in [3.8, 4) is 17.3 Å². The van der Waals surface area contributed by atoms with Crippen LogP contribution >= 0.6 is 11.3 Å². The number of likely N-dealkylation sites (N-methyl/N-ethyl adjacent to an activating group) is 1. The Balaban J connectivity index is 1.36. The summed E-state index contributed by atoms with van der Waals surface area (Å²) in [5.41, 5.74) is 5.02. The summed E-state index contributed by atoms with van der Waals surface area (Å²) in [5, 5.41) is 11.1. The first-order chi connectivity index (χ1) is 19.7. The van der Waals surface area contributed by atoms with E-state index in [1.807, 2.05) is 18.0 Å². The SMILES string of the molecule is CN(C)C(=O)CN1CCN(c2cc(F)c3nc4c(c(N(C)c5nc(-c6ccc(F)cc6)c(C#N)s5)c3c2)CC4)CC1. The molecule has 1 amide bonds. The molecule has 0 bridgehead atoms. The Morgan fingerprint density at radius 1 is 1.05 bits per heavy atom. The van der Waals surface area contributed by atoms with Gasteiger partial charge in [-0.3, -0.25) is 9.69 Å². The molecule has 41 heavy (non-hydrogen) atoms. The maximum absolute atomic E-state index is 15.6. The molecule has 2 aliphatic rings. The number of thiazole rings is 1. The number of hydrogen-bond donors (Lipinski definition) is 0. The summed E-state index contributed by atoms with van der Waals surface area (Å²) >= 11 is 1.25. The monoisotopic (exact) mass is 573 g/mol. The van der Waals surface area contributed by atoms with Crippen LogP contribution in [-0.2, 0) is 17.6 Å². The highest BCUT2D eigenvalue weighted by atomic mass is 32.1. The molecule has 0 atom stereocenters. The van der Waals surface area contributed by atoms with E-state index < -0.39 is 0 Å². The molecule has 1 aliphatic heterocycles. The van der Waals surface area contributed by atoms with E-state index in [2.05, 4.69) is 20.9 Å². The Labute approximate surface area is 241 Å². The van der Waals surface area contributed by atoms with Crippen molar-refractivity contribution in [2.24, 2.45) is 0 Å². The number of nitriles is 1. The third kappa shape index (κ3) is 4.98. The van der Waals surface area contributed by atoms with Crippen molar-refractivity contribution >= 4 is 44.7 Å². The van der Waals surface area contributed by atoms with Crippen LogP contribution < -0.4 is 9.80 Å². The third-order valence-electron chi connectivity index (χ3n) is 7.85. The van der Waals surface area contributed by atoms with Gasteiger partial charge in [0.2, 0.25) is 5.91 Å². The standard InChI is InChI=1S/C30H29F2N7OS/c1-36(2)26(40)17-38-10-12-39(13-11-38)20-14-22-28(23(32)15-20)34-24-9-8-21(24)29(22)37(3)30-35-27(25(16-33)41-30)18-4-6-19(31)7-5-18/h4-7,14-15H,8-13,17H2,1-3H3. The van der Waals surface area contributed by atoms with Gasteiger partial charge in [-0.05, 0) is 54.8 Å². The van der Waals surface area contributed by atoms with Gasteiger partial charge in [-0.25, -0.2) is 18.7 Å². The summed E-state index contributed by atoms with van der Waals surface area (Å²) < 4.78 is 29.2. The Morgan fingerprint density at radius 3 is 2.41 bits per heavy atom. The first-order valence-corrected chi connectivity index (χ1v) is 14.3. The fourth-order valence-electron chi connectivity index (χ4n) is 5.41. The molecular weight excluding hydrogens is 544 g/mol. The van der Waals surface area contributed by atoms with Crippen molar-refractivity contribution in [2.45, 2.75) is 12.8 Å². The number of fused-ring (bicyclic) bond motifs is 2. The van der Waals surface area contributed by atoms with E-state index in [1.54, 1.807) is 37.2 Å². The van der Waals surface area contributed by atoms with Crippen molar-refractivity contribution in [3.05, 3.63) is 64.2 Å². The summed E-state index contributed by atoms with van der Waals surface area (Å²) in [7, 11) is 5.39. The minimum absolute atomic E-state index is 0.0658. The Kier molecular flexibility index (Phi) is 7.05. The second-order valence-corrected chi connectivity index (χ2v) is 11.6. The predicted octanol–water partition coefficient (Wildman–Crippen LogP) is 4.58. The van der Waals surface area contributed by atoms with Crippen LogP contribution in [0.2, 0.25) is 0 Å².